The second kappa shape index (κ2) is 12.6. The third-order valence-corrected chi connectivity index (χ3v) is 6.19. The molecule has 1 saturated heterocycles. The molecule has 0 bridgehead atoms. The van der Waals surface area contributed by atoms with Crippen LogP contribution in [0.3, 0.4) is 0 Å². The Hall–Kier alpha value is -3.01. The number of anilines is 1. The number of nitrogens with one attached hydrogen (secondary N) is 1. The number of nitrogens with zero attached hydrogens (tertiary/aromatic N) is 1. The van der Waals surface area contributed by atoms with Crippen LogP contribution in [0.4, 0.5) is 10.1 Å². The van der Waals surface area contributed by atoms with Gasteiger partial charge in [-0.15, -0.1) is 0 Å². The van der Waals surface area contributed by atoms with Crippen molar-refractivity contribution in [1.82, 2.24) is 4.90 Å². The van der Waals surface area contributed by atoms with Crippen LogP contribution in [-0.4, -0.2) is 54.8 Å². The van der Waals surface area contributed by atoms with Gasteiger partial charge in [-0.2, -0.15) is 0 Å². The first-order chi connectivity index (χ1) is 16.8. The average molecular weight is 505 g/mol. The summed E-state index contributed by atoms with van der Waals surface area (Å²) >= 11 is 6.06. The summed E-state index contributed by atoms with van der Waals surface area (Å²) in [6, 6.07) is 9.47. The van der Waals surface area contributed by atoms with Gasteiger partial charge >= 0.3 is 0 Å². The van der Waals surface area contributed by atoms with Gasteiger partial charge in [-0.25, -0.2) is 4.39 Å². The molecule has 0 saturated carbocycles. The molecular weight excluding hydrogens is 475 g/mol. The number of rotatable bonds is 10. The van der Waals surface area contributed by atoms with Crippen molar-refractivity contribution in [1.29, 1.82) is 0 Å². The molecule has 35 heavy (non-hydrogen) atoms. The largest absolute Gasteiger partial charge is 0.482 e. The fourth-order valence-electron chi connectivity index (χ4n) is 3.89. The van der Waals surface area contributed by atoms with Crippen LogP contribution in [0.15, 0.2) is 42.5 Å². The van der Waals surface area contributed by atoms with Crippen molar-refractivity contribution in [3.8, 4) is 5.75 Å². The molecule has 10 heteroatoms. The summed E-state index contributed by atoms with van der Waals surface area (Å²) in [6.07, 6.45) is 2.10. The van der Waals surface area contributed by atoms with E-state index in [2.05, 4.69) is 5.32 Å². The first-order valence-electron chi connectivity index (χ1n) is 11.5. The van der Waals surface area contributed by atoms with Crippen molar-refractivity contribution in [2.75, 3.05) is 31.6 Å². The molecule has 5 N–H and O–H groups in total. The molecule has 0 aromatic heterocycles. The van der Waals surface area contributed by atoms with Crippen molar-refractivity contribution >= 4 is 34.9 Å². The predicted octanol–water partition coefficient (Wildman–Crippen LogP) is 2.98. The van der Waals surface area contributed by atoms with Gasteiger partial charge in [0.25, 0.3) is 5.91 Å². The Balaban J connectivity index is 1.53. The predicted molar refractivity (Wildman–Crippen MR) is 132 cm³/mol. The summed E-state index contributed by atoms with van der Waals surface area (Å²) in [5.74, 6) is -0.982. The van der Waals surface area contributed by atoms with E-state index in [-0.39, 0.29) is 30.0 Å². The smallest absolute Gasteiger partial charge is 0.260 e. The number of piperidine rings is 1. The molecule has 8 nitrogen and oxygen atoms in total. The number of Topliss-reactive ketones (excluding diaryl/α,β-unsaturated/α-hetero) is 1. The van der Waals surface area contributed by atoms with Gasteiger partial charge in [0.15, 0.2) is 12.4 Å². The Morgan fingerprint density at radius 2 is 1.83 bits per heavy atom. The zero-order valence-electron chi connectivity index (χ0n) is 19.3. The lowest BCUT2D eigenvalue weighted by atomic mass is 9.89. The minimum atomic E-state index is -0.731. The van der Waals surface area contributed by atoms with Crippen molar-refractivity contribution in [2.24, 2.45) is 17.4 Å². The maximum absolute atomic E-state index is 13.1. The molecule has 0 radical (unpaired) electrons. The number of hydrogen-bond donors (Lipinski definition) is 3. The SMILES string of the molecule is NCCC[C@H](N)C(=O)Nc1cc(Cl)ccc1OCC(=O)N1CCC(C(=O)c2ccc(F)cc2)CC1. The Morgan fingerprint density at radius 3 is 2.49 bits per heavy atom. The van der Waals surface area contributed by atoms with Gasteiger partial charge in [0.2, 0.25) is 5.91 Å². The summed E-state index contributed by atoms with van der Waals surface area (Å²) in [5, 5.41) is 3.09. The molecule has 2 aromatic rings. The summed E-state index contributed by atoms with van der Waals surface area (Å²) < 4.78 is 18.8. The number of likely N-dealkylation sites (tertiary alicyclic amines) is 1. The summed E-state index contributed by atoms with van der Waals surface area (Å²) in [4.78, 5) is 39.4. The van der Waals surface area contributed by atoms with E-state index in [1.165, 1.54) is 30.3 Å². The van der Waals surface area contributed by atoms with Crippen LogP contribution < -0.4 is 21.5 Å². The molecule has 188 valence electrons. The molecule has 0 spiro atoms. The highest BCUT2D eigenvalue weighted by molar-refractivity contribution is 6.31. The van der Waals surface area contributed by atoms with Crippen molar-refractivity contribution in [3.63, 3.8) is 0 Å². The number of carbonyl (C=O) groups is 3. The molecule has 2 amide bonds. The highest BCUT2D eigenvalue weighted by atomic mass is 35.5. The standard InChI is InChI=1S/C25H30ClFN4O4/c26-18-5-8-22(21(14-18)30-25(34)20(29)2-1-11-28)35-15-23(32)31-12-9-17(10-13-31)24(33)16-3-6-19(27)7-4-16/h3-8,14,17,20H,1-2,9-13,15,28-29H2,(H,30,34)/t20-/m0/s1. The van der Waals surface area contributed by atoms with Crippen molar-refractivity contribution in [3.05, 3.63) is 58.9 Å². The minimum Gasteiger partial charge on any atom is -0.482 e. The van der Waals surface area contributed by atoms with Gasteiger partial charge in [-0.3, -0.25) is 14.4 Å². The Labute approximate surface area is 208 Å². The number of amides is 2. The lowest BCUT2D eigenvalue weighted by Crippen LogP contribution is -2.42. The number of halogens is 2. The lowest BCUT2D eigenvalue weighted by molar-refractivity contribution is -0.134. The van der Waals surface area contributed by atoms with E-state index in [0.717, 1.165) is 0 Å². The molecule has 3 rings (SSSR count). The molecule has 1 heterocycles. The van der Waals surface area contributed by atoms with Crippen LogP contribution in [0.2, 0.25) is 5.02 Å². The Morgan fingerprint density at radius 1 is 1.14 bits per heavy atom. The van der Waals surface area contributed by atoms with E-state index in [0.29, 0.717) is 67.3 Å². The average Bonchev–Trinajstić information content (AvgIpc) is 2.86. The highest BCUT2D eigenvalue weighted by Gasteiger charge is 2.28. The number of ketones is 1. The van der Waals surface area contributed by atoms with Crippen LogP contribution in [0.1, 0.15) is 36.0 Å². The van der Waals surface area contributed by atoms with E-state index in [1.807, 2.05) is 0 Å². The molecule has 0 aliphatic carbocycles. The third-order valence-electron chi connectivity index (χ3n) is 5.95. The van der Waals surface area contributed by atoms with Gasteiger partial charge in [0.05, 0.1) is 11.7 Å². The van der Waals surface area contributed by atoms with Crippen LogP contribution in [0.25, 0.3) is 0 Å². The number of ether oxygens (including phenoxy) is 1. The zero-order valence-corrected chi connectivity index (χ0v) is 20.1. The van der Waals surface area contributed by atoms with Crippen LogP contribution in [0, 0.1) is 11.7 Å². The second-order valence-corrected chi connectivity index (χ2v) is 8.92. The van der Waals surface area contributed by atoms with E-state index < -0.39 is 11.9 Å². The monoisotopic (exact) mass is 504 g/mol. The Bertz CT molecular complexity index is 1040. The molecule has 2 aromatic carbocycles. The number of nitrogens with two attached hydrogens (primary N) is 2. The van der Waals surface area contributed by atoms with Crippen LogP contribution in [0.5, 0.6) is 5.75 Å². The minimum absolute atomic E-state index is 0.0421. The zero-order chi connectivity index (χ0) is 25.4. The molecule has 0 unspecified atom stereocenters. The number of hydrogen-bond acceptors (Lipinski definition) is 6. The highest BCUT2D eigenvalue weighted by Crippen LogP contribution is 2.29. The normalized spacial score (nSPS) is 14.9. The Kier molecular flexibility index (Phi) is 9.59. The molecule has 1 fully saturated rings. The molecule has 1 aliphatic rings. The summed E-state index contributed by atoms with van der Waals surface area (Å²) in [6.45, 7) is 1.03. The van der Waals surface area contributed by atoms with Crippen LogP contribution in [-0.2, 0) is 9.59 Å². The van der Waals surface area contributed by atoms with Gasteiger partial charge in [0.1, 0.15) is 11.6 Å². The number of carbonyl (C=O) groups excluding carboxylic acids is 3. The lowest BCUT2D eigenvalue weighted by Gasteiger charge is -2.31. The van der Waals surface area contributed by atoms with Crippen LogP contribution >= 0.6 is 11.6 Å². The topological polar surface area (TPSA) is 128 Å². The van der Waals surface area contributed by atoms with Crippen molar-refractivity contribution < 1.29 is 23.5 Å². The molecular formula is C25H30ClFN4O4. The van der Waals surface area contributed by atoms with Gasteiger partial charge in [0, 0.05) is 29.6 Å². The molecule has 1 atom stereocenters. The first-order valence-corrected chi connectivity index (χ1v) is 11.9. The van der Waals surface area contributed by atoms with Gasteiger partial charge < -0.3 is 26.4 Å². The first kappa shape index (κ1) is 26.6. The van der Waals surface area contributed by atoms with E-state index in [1.54, 1.807) is 17.0 Å². The number of benzene rings is 2. The maximum atomic E-state index is 13.1. The maximum Gasteiger partial charge on any atom is 0.260 e. The molecule has 1 aliphatic heterocycles. The summed E-state index contributed by atoms with van der Waals surface area (Å²) in [5.41, 5.74) is 12.2. The third kappa shape index (κ3) is 7.48. The van der Waals surface area contributed by atoms with E-state index in [4.69, 9.17) is 27.8 Å². The fourth-order valence-corrected chi connectivity index (χ4v) is 4.06. The quantitative estimate of drug-likeness (QED) is 0.427. The van der Waals surface area contributed by atoms with E-state index >= 15 is 0 Å². The van der Waals surface area contributed by atoms with E-state index in [9.17, 15) is 18.8 Å². The van der Waals surface area contributed by atoms with Crippen molar-refractivity contribution in [2.45, 2.75) is 31.7 Å². The summed E-state index contributed by atoms with van der Waals surface area (Å²) in [7, 11) is 0. The van der Waals surface area contributed by atoms with Gasteiger partial charge in [-0.1, -0.05) is 11.6 Å². The fraction of sp³-hybridized carbons (Fsp3) is 0.400. The second-order valence-electron chi connectivity index (χ2n) is 8.48. The van der Waals surface area contributed by atoms with Gasteiger partial charge in [-0.05, 0) is 74.7 Å².